The molecule has 0 atom stereocenters. The topological polar surface area (TPSA) is 91.5 Å². The number of carbonyl (C=O) groups is 3. The maximum Gasteiger partial charge on any atom is 0.340 e. The molecule has 0 aliphatic carbocycles. The van der Waals surface area contributed by atoms with Crippen molar-refractivity contribution in [2.45, 2.75) is 27.7 Å². The average Bonchev–Trinajstić information content (AvgIpc) is 2.91. The number of carbonyl (C=O) groups excluding carboxylic acids is 3. The number of amides is 1. The number of anilines is 1. The second kappa shape index (κ2) is 9.32. The molecule has 7 heteroatoms. The summed E-state index contributed by atoms with van der Waals surface area (Å²) in [6.07, 6.45) is 0. The first-order valence-electron chi connectivity index (χ1n) is 9.17. The van der Waals surface area contributed by atoms with Gasteiger partial charge in [-0.2, -0.15) is 0 Å². The third kappa shape index (κ3) is 5.29. The fraction of sp³-hybridized carbons (Fsp3) is 0.381. The Morgan fingerprint density at radius 1 is 1.00 bits per heavy atom. The van der Waals surface area contributed by atoms with Crippen molar-refractivity contribution in [2.75, 3.05) is 32.1 Å². The molecule has 150 valence electrons. The van der Waals surface area contributed by atoms with Crippen LogP contribution < -0.4 is 5.32 Å². The van der Waals surface area contributed by atoms with E-state index in [1.165, 1.54) is 0 Å². The Kier molecular flexibility index (Phi) is 7.12. The molecule has 0 spiro atoms. The van der Waals surface area contributed by atoms with Crippen LogP contribution in [0.25, 0.3) is 0 Å². The van der Waals surface area contributed by atoms with E-state index in [0.717, 1.165) is 5.56 Å². The Bertz CT molecular complexity index is 869. The standard InChI is InChI=1S/C21H27N3O4/c1-6-28-21(27)20-15(4)22-14(3)19(20)17(25)11-24(5)12-18(26)23-16-9-7-13(2)8-10-16/h7-10,22H,6,11-12H2,1-5H3,(H,23,26). The van der Waals surface area contributed by atoms with E-state index >= 15 is 0 Å². The molecule has 2 aromatic rings. The number of nitrogens with zero attached hydrogens (tertiary/aromatic N) is 1. The van der Waals surface area contributed by atoms with Crippen LogP contribution in [-0.2, 0) is 9.53 Å². The van der Waals surface area contributed by atoms with Gasteiger partial charge in [0.2, 0.25) is 5.91 Å². The molecule has 1 heterocycles. The van der Waals surface area contributed by atoms with E-state index in [-0.39, 0.29) is 37.0 Å². The number of H-pyrrole nitrogens is 1. The van der Waals surface area contributed by atoms with Gasteiger partial charge in [-0.1, -0.05) is 17.7 Å². The van der Waals surface area contributed by atoms with E-state index in [1.54, 1.807) is 32.7 Å². The number of hydrogen-bond acceptors (Lipinski definition) is 5. The third-order valence-corrected chi connectivity index (χ3v) is 4.30. The Balaban J connectivity index is 2.03. The summed E-state index contributed by atoms with van der Waals surface area (Å²) in [5, 5.41) is 2.80. The summed E-state index contributed by atoms with van der Waals surface area (Å²) in [6, 6.07) is 7.49. The molecule has 0 saturated heterocycles. The quantitative estimate of drug-likeness (QED) is 0.539. The van der Waals surface area contributed by atoms with Gasteiger partial charge < -0.3 is 15.0 Å². The lowest BCUT2D eigenvalue weighted by atomic mass is 10.0. The molecule has 0 aliphatic rings. The number of likely N-dealkylation sites (N-methyl/N-ethyl adjacent to an activating group) is 1. The Hall–Kier alpha value is -2.93. The summed E-state index contributed by atoms with van der Waals surface area (Å²) in [4.78, 5) is 41.9. The van der Waals surface area contributed by atoms with Gasteiger partial charge in [-0.25, -0.2) is 4.79 Å². The van der Waals surface area contributed by atoms with Crippen molar-refractivity contribution in [1.29, 1.82) is 0 Å². The molecule has 2 N–H and O–H groups in total. The van der Waals surface area contributed by atoms with Crippen LogP contribution in [0.5, 0.6) is 0 Å². The Morgan fingerprint density at radius 3 is 2.21 bits per heavy atom. The van der Waals surface area contributed by atoms with Crippen molar-refractivity contribution in [3.05, 3.63) is 52.3 Å². The van der Waals surface area contributed by atoms with Crippen LogP contribution in [0.2, 0.25) is 0 Å². The fourth-order valence-electron chi connectivity index (χ4n) is 3.05. The molecule has 28 heavy (non-hydrogen) atoms. The molecular weight excluding hydrogens is 358 g/mol. The van der Waals surface area contributed by atoms with Crippen molar-refractivity contribution >= 4 is 23.3 Å². The maximum atomic E-state index is 12.8. The highest BCUT2D eigenvalue weighted by Gasteiger charge is 2.26. The largest absolute Gasteiger partial charge is 0.462 e. The first kappa shape index (κ1) is 21.4. The van der Waals surface area contributed by atoms with Gasteiger partial charge in [0.25, 0.3) is 0 Å². The summed E-state index contributed by atoms with van der Waals surface area (Å²) in [6.45, 7) is 7.45. The minimum atomic E-state index is -0.521. The molecule has 0 fully saturated rings. The second-order valence-electron chi connectivity index (χ2n) is 6.86. The summed E-state index contributed by atoms with van der Waals surface area (Å²) in [7, 11) is 1.69. The molecule has 1 aromatic carbocycles. The van der Waals surface area contributed by atoms with E-state index in [4.69, 9.17) is 4.74 Å². The molecule has 7 nitrogen and oxygen atoms in total. The molecule has 1 aromatic heterocycles. The number of benzene rings is 1. The highest BCUT2D eigenvalue weighted by molar-refractivity contribution is 6.09. The van der Waals surface area contributed by atoms with Crippen molar-refractivity contribution < 1.29 is 19.1 Å². The number of esters is 1. The summed E-state index contributed by atoms with van der Waals surface area (Å²) >= 11 is 0. The maximum absolute atomic E-state index is 12.8. The summed E-state index contributed by atoms with van der Waals surface area (Å²) in [5.74, 6) is -0.977. The number of ketones is 1. The Labute approximate surface area is 165 Å². The Morgan fingerprint density at radius 2 is 1.61 bits per heavy atom. The van der Waals surface area contributed by atoms with Crippen molar-refractivity contribution in [3.8, 4) is 0 Å². The SMILES string of the molecule is CCOC(=O)c1c(C)[nH]c(C)c1C(=O)CN(C)CC(=O)Nc1ccc(C)cc1. The van der Waals surface area contributed by atoms with Crippen molar-refractivity contribution in [1.82, 2.24) is 9.88 Å². The van der Waals surface area contributed by atoms with Crippen molar-refractivity contribution in [3.63, 3.8) is 0 Å². The summed E-state index contributed by atoms with van der Waals surface area (Å²) in [5.41, 5.74) is 3.61. The van der Waals surface area contributed by atoms with Crippen LogP contribution in [0.1, 0.15) is 44.6 Å². The van der Waals surface area contributed by atoms with Gasteiger partial charge in [-0.05, 0) is 46.9 Å². The number of ether oxygens (including phenoxy) is 1. The number of aryl methyl sites for hydroxylation is 3. The van der Waals surface area contributed by atoms with Gasteiger partial charge in [0, 0.05) is 17.1 Å². The van der Waals surface area contributed by atoms with Gasteiger partial charge in [0.15, 0.2) is 5.78 Å². The minimum Gasteiger partial charge on any atom is -0.462 e. The first-order valence-corrected chi connectivity index (χ1v) is 9.17. The summed E-state index contributed by atoms with van der Waals surface area (Å²) < 4.78 is 5.07. The third-order valence-electron chi connectivity index (χ3n) is 4.30. The van der Waals surface area contributed by atoms with E-state index in [2.05, 4.69) is 10.3 Å². The number of aromatic nitrogens is 1. The monoisotopic (exact) mass is 385 g/mol. The molecular formula is C21H27N3O4. The molecule has 1 amide bonds. The van der Waals surface area contributed by atoms with Gasteiger partial charge in [-0.3, -0.25) is 14.5 Å². The number of rotatable bonds is 8. The number of aromatic amines is 1. The van der Waals surface area contributed by atoms with E-state index in [9.17, 15) is 14.4 Å². The van der Waals surface area contributed by atoms with Crippen LogP contribution in [0.15, 0.2) is 24.3 Å². The molecule has 0 saturated carbocycles. The second-order valence-corrected chi connectivity index (χ2v) is 6.86. The number of nitrogens with one attached hydrogen (secondary N) is 2. The average molecular weight is 385 g/mol. The first-order chi connectivity index (χ1) is 13.2. The van der Waals surface area contributed by atoms with Crippen LogP contribution in [0, 0.1) is 20.8 Å². The zero-order chi connectivity index (χ0) is 20.8. The van der Waals surface area contributed by atoms with Gasteiger partial charge in [0.05, 0.1) is 30.8 Å². The highest BCUT2D eigenvalue weighted by Crippen LogP contribution is 2.20. The van der Waals surface area contributed by atoms with Crippen molar-refractivity contribution in [2.24, 2.45) is 0 Å². The molecule has 0 bridgehead atoms. The molecule has 0 unspecified atom stereocenters. The number of Topliss-reactive ketones (excluding diaryl/α,β-unsaturated/α-hetero) is 1. The zero-order valence-electron chi connectivity index (χ0n) is 17.0. The van der Waals surface area contributed by atoms with E-state index in [0.29, 0.717) is 22.6 Å². The molecule has 2 rings (SSSR count). The van der Waals surface area contributed by atoms with Gasteiger partial charge >= 0.3 is 5.97 Å². The van der Waals surface area contributed by atoms with E-state index < -0.39 is 5.97 Å². The lowest BCUT2D eigenvalue weighted by Crippen LogP contribution is -2.34. The lowest BCUT2D eigenvalue weighted by Gasteiger charge is -2.16. The zero-order valence-corrected chi connectivity index (χ0v) is 17.0. The van der Waals surface area contributed by atoms with Crippen LogP contribution in [0.4, 0.5) is 5.69 Å². The highest BCUT2D eigenvalue weighted by atomic mass is 16.5. The lowest BCUT2D eigenvalue weighted by molar-refractivity contribution is -0.116. The normalized spacial score (nSPS) is 10.8. The minimum absolute atomic E-state index is 0.00581. The van der Waals surface area contributed by atoms with Crippen LogP contribution in [-0.4, -0.2) is 54.3 Å². The van der Waals surface area contributed by atoms with Crippen LogP contribution >= 0.6 is 0 Å². The number of hydrogen-bond donors (Lipinski definition) is 2. The molecule has 0 radical (unpaired) electrons. The van der Waals surface area contributed by atoms with Crippen LogP contribution in [0.3, 0.4) is 0 Å². The van der Waals surface area contributed by atoms with Gasteiger partial charge in [-0.15, -0.1) is 0 Å². The smallest absolute Gasteiger partial charge is 0.340 e. The fourth-order valence-corrected chi connectivity index (χ4v) is 3.05. The van der Waals surface area contributed by atoms with Gasteiger partial charge in [0.1, 0.15) is 0 Å². The predicted molar refractivity (Wildman–Crippen MR) is 108 cm³/mol. The van der Waals surface area contributed by atoms with E-state index in [1.807, 2.05) is 31.2 Å². The molecule has 0 aliphatic heterocycles. The predicted octanol–water partition coefficient (Wildman–Crippen LogP) is 2.87.